The highest BCUT2D eigenvalue weighted by Gasteiger charge is 2.20. The van der Waals surface area contributed by atoms with Gasteiger partial charge in [-0.05, 0) is 56.0 Å². The number of benzene rings is 1. The fraction of sp³-hybridized carbons (Fsp3) is 0.586. The van der Waals surface area contributed by atoms with Gasteiger partial charge in [0.25, 0.3) is 0 Å². The van der Waals surface area contributed by atoms with Gasteiger partial charge in [0.1, 0.15) is 5.76 Å². The summed E-state index contributed by atoms with van der Waals surface area (Å²) in [6.07, 6.45) is 9.15. The molecule has 0 spiro atoms. The number of anilines is 1. The monoisotopic (exact) mass is 565 g/mol. The van der Waals surface area contributed by atoms with E-state index in [2.05, 4.69) is 22.8 Å². The third-order valence-corrected chi connectivity index (χ3v) is 7.69. The number of carbonyl (C=O) groups is 2. The lowest BCUT2D eigenvalue weighted by Gasteiger charge is -2.36. The number of amides is 1. The molecule has 1 amide bonds. The van der Waals surface area contributed by atoms with Gasteiger partial charge in [-0.1, -0.05) is 56.1 Å². The maximum atomic E-state index is 12.7. The Kier molecular flexibility index (Phi) is 12.3. The highest BCUT2D eigenvalue weighted by atomic mass is 35.5. The van der Waals surface area contributed by atoms with E-state index in [1.54, 1.807) is 18.7 Å². The summed E-state index contributed by atoms with van der Waals surface area (Å²) in [7, 11) is 0. The number of halogens is 2. The molecule has 1 unspecified atom stereocenters. The Morgan fingerprint density at radius 2 is 1.89 bits per heavy atom. The molecule has 2 aliphatic heterocycles. The number of piperazine rings is 1. The average Bonchev–Trinajstić information content (AvgIpc) is 2.91. The Balaban J connectivity index is 1.42. The van der Waals surface area contributed by atoms with Crippen molar-refractivity contribution in [3.05, 3.63) is 52.2 Å². The number of rotatable bonds is 10. The number of unbranched alkanes of at least 4 members (excludes halogenated alkanes) is 1. The van der Waals surface area contributed by atoms with Crippen molar-refractivity contribution >= 4 is 40.8 Å². The number of ether oxygens (including phenoxy) is 2. The SMILES string of the molecule is CC1/C=C\C(OCCCCN2CCN(c3cccc(Cl)c3Cl)CC2)=C/CN(COC(=O)C(C)C)C(=O)CC1. The van der Waals surface area contributed by atoms with Crippen LogP contribution in [-0.2, 0) is 19.1 Å². The number of esters is 1. The third-order valence-electron chi connectivity index (χ3n) is 6.88. The van der Waals surface area contributed by atoms with Gasteiger partial charge in [-0.15, -0.1) is 0 Å². The normalized spacial score (nSPS) is 21.7. The van der Waals surface area contributed by atoms with Crippen molar-refractivity contribution in [2.45, 2.75) is 46.5 Å². The summed E-state index contributed by atoms with van der Waals surface area (Å²) in [5.74, 6) is 0.451. The maximum absolute atomic E-state index is 12.7. The summed E-state index contributed by atoms with van der Waals surface area (Å²) < 4.78 is 11.4. The van der Waals surface area contributed by atoms with E-state index in [4.69, 9.17) is 32.7 Å². The summed E-state index contributed by atoms with van der Waals surface area (Å²) >= 11 is 12.6. The lowest BCUT2D eigenvalue weighted by molar-refractivity contribution is -0.155. The van der Waals surface area contributed by atoms with E-state index in [-0.39, 0.29) is 30.4 Å². The molecule has 1 atom stereocenters. The Morgan fingerprint density at radius 1 is 1.13 bits per heavy atom. The Labute approximate surface area is 237 Å². The molecule has 7 nitrogen and oxygen atoms in total. The summed E-state index contributed by atoms with van der Waals surface area (Å²) in [5, 5.41) is 1.22. The van der Waals surface area contributed by atoms with E-state index in [1.807, 2.05) is 30.4 Å². The standard InChI is InChI=1S/C29H41Cl2N3O4/c1-22(2)29(36)38-21-34-15-13-24(11-9-23(3)10-12-27(34)35)37-20-5-4-14-32-16-18-33(19-17-32)26-8-6-7-25(30)28(26)31/h6-9,11,13,22-23H,4-5,10,12,14-21H2,1-3H3/b11-9-,24-13+. The molecular weight excluding hydrogens is 525 g/mol. The molecule has 0 radical (unpaired) electrons. The minimum absolute atomic E-state index is 0.0166. The first-order valence-corrected chi connectivity index (χ1v) is 14.4. The van der Waals surface area contributed by atoms with Gasteiger partial charge >= 0.3 is 5.97 Å². The lowest BCUT2D eigenvalue weighted by atomic mass is 10.0. The van der Waals surface area contributed by atoms with Crippen LogP contribution >= 0.6 is 23.2 Å². The van der Waals surface area contributed by atoms with Crippen molar-refractivity contribution in [1.29, 1.82) is 0 Å². The van der Waals surface area contributed by atoms with Crippen LogP contribution in [0, 0.1) is 11.8 Å². The fourth-order valence-corrected chi connectivity index (χ4v) is 4.77. The van der Waals surface area contributed by atoms with Crippen molar-refractivity contribution in [3.8, 4) is 0 Å². The molecule has 1 aromatic carbocycles. The Morgan fingerprint density at radius 3 is 2.63 bits per heavy atom. The molecule has 0 aliphatic carbocycles. The quantitative estimate of drug-likeness (QED) is 0.265. The van der Waals surface area contributed by atoms with Crippen molar-refractivity contribution in [2.24, 2.45) is 11.8 Å². The van der Waals surface area contributed by atoms with Crippen LogP contribution in [0.3, 0.4) is 0 Å². The van der Waals surface area contributed by atoms with Crippen LogP contribution in [0.2, 0.25) is 10.0 Å². The Bertz CT molecular complexity index is 990. The summed E-state index contributed by atoms with van der Waals surface area (Å²) in [6, 6.07) is 5.78. The molecule has 0 aromatic heterocycles. The first-order chi connectivity index (χ1) is 18.2. The topological polar surface area (TPSA) is 62.3 Å². The van der Waals surface area contributed by atoms with Crippen LogP contribution in [0.4, 0.5) is 5.69 Å². The molecule has 3 rings (SSSR count). The van der Waals surface area contributed by atoms with Gasteiger partial charge < -0.3 is 19.3 Å². The molecule has 2 aliphatic rings. The molecule has 0 saturated carbocycles. The molecule has 210 valence electrons. The van der Waals surface area contributed by atoms with E-state index < -0.39 is 0 Å². The van der Waals surface area contributed by atoms with Gasteiger partial charge in [0, 0.05) is 39.1 Å². The van der Waals surface area contributed by atoms with Crippen LogP contribution in [0.1, 0.15) is 46.5 Å². The molecule has 1 saturated heterocycles. The van der Waals surface area contributed by atoms with Crippen molar-refractivity contribution < 1.29 is 19.1 Å². The van der Waals surface area contributed by atoms with Gasteiger partial charge in [-0.2, -0.15) is 0 Å². The van der Waals surface area contributed by atoms with Crippen molar-refractivity contribution in [2.75, 3.05) is 57.5 Å². The number of nitrogens with zero attached hydrogens (tertiary/aromatic N) is 3. The number of hydrogen-bond donors (Lipinski definition) is 0. The van der Waals surface area contributed by atoms with Crippen molar-refractivity contribution in [1.82, 2.24) is 9.80 Å². The van der Waals surface area contributed by atoms with E-state index in [0.717, 1.165) is 63.4 Å². The molecule has 9 heteroatoms. The van der Waals surface area contributed by atoms with E-state index in [1.165, 1.54) is 0 Å². The van der Waals surface area contributed by atoms with Gasteiger partial charge in [-0.3, -0.25) is 14.5 Å². The minimum atomic E-state index is -0.307. The highest BCUT2D eigenvalue weighted by Crippen LogP contribution is 2.32. The third kappa shape index (κ3) is 9.51. The molecule has 0 bridgehead atoms. The van der Waals surface area contributed by atoms with E-state index >= 15 is 0 Å². The molecule has 2 heterocycles. The first kappa shape index (κ1) is 30.3. The summed E-state index contributed by atoms with van der Waals surface area (Å²) in [4.78, 5) is 30.9. The van der Waals surface area contributed by atoms with Crippen LogP contribution in [-0.4, -0.2) is 74.3 Å². The van der Waals surface area contributed by atoms with Gasteiger partial charge in [0.15, 0.2) is 6.73 Å². The van der Waals surface area contributed by atoms with Gasteiger partial charge in [0.2, 0.25) is 5.91 Å². The second kappa shape index (κ2) is 15.4. The molecule has 38 heavy (non-hydrogen) atoms. The smallest absolute Gasteiger partial charge is 0.310 e. The second-order valence-electron chi connectivity index (χ2n) is 10.3. The number of allylic oxidation sites excluding steroid dienone is 2. The first-order valence-electron chi connectivity index (χ1n) is 13.6. The zero-order valence-corrected chi connectivity index (χ0v) is 24.3. The summed E-state index contributed by atoms with van der Waals surface area (Å²) in [5.41, 5.74) is 1.01. The average molecular weight is 567 g/mol. The Hall–Kier alpha value is -2.22. The summed E-state index contributed by atoms with van der Waals surface area (Å²) in [6.45, 7) is 11.4. The lowest BCUT2D eigenvalue weighted by Crippen LogP contribution is -2.46. The maximum Gasteiger partial charge on any atom is 0.310 e. The van der Waals surface area contributed by atoms with Crippen LogP contribution in [0.5, 0.6) is 0 Å². The molecular formula is C29H41Cl2N3O4. The second-order valence-corrected chi connectivity index (χ2v) is 11.1. The van der Waals surface area contributed by atoms with Crippen molar-refractivity contribution in [3.63, 3.8) is 0 Å². The predicted molar refractivity (Wildman–Crippen MR) is 153 cm³/mol. The number of hydrogen-bond acceptors (Lipinski definition) is 6. The molecule has 1 fully saturated rings. The van der Waals surface area contributed by atoms with Gasteiger partial charge in [-0.25, -0.2) is 0 Å². The fourth-order valence-electron chi connectivity index (χ4n) is 4.35. The largest absolute Gasteiger partial charge is 0.494 e. The predicted octanol–water partition coefficient (Wildman–Crippen LogP) is 5.77. The minimum Gasteiger partial charge on any atom is -0.494 e. The van der Waals surface area contributed by atoms with Crippen LogP contribution < -0.4 is 4.90 Å². The van der Waals surface area contributed by atoms with Gasteiger partial charge in [0.05, 0.1) is 28.3 Å². The van der Waals surface area contributed by atoms with Crippen LogP contribution in [0.25, 0.3) is 0 Å². The zero-order valence-electron chi connectivity index (χ0n) is 22.8. The van der Waals surface area contributed by atoms with E-state index in [0.29, 0.717) is 29.6 Å². The molecule has 0 N–H and O–H groups in total. The number of carbonyl (C=O) groups excluding carboxylic acids is 2. The van der Waals surface area contributed by atoms with Crippen LogP contribution in [0.15, 0.2) is 42.2 Å². The van der Waals surface area contributed by atoms with E-state index in [9.17, 15) is 9.59 Å². The molecule has 1 aromatic rings. The highest BCUT2D eigenvalue weighted by molar-refractivity contribution is 6.43. The zero-order chi connectivity index (χ0) is 27.5.